The Labute approximate surface area is 186 Å². The van der Waals surface area contributed by atoms with Gasteiger partial charge in [0.25, 0.3) is 5.91 Å². The number of ether oxygens (including phenoxy) is 2. The summed E-state index contributed by atoms with van der Waals surface area (Å²) in [5.74, 6) is -0.0948. The molecule has 0 aliphatic carbocycles. The van der Waals surface area contributed by atoms with Gasteiger partial charge in [0, 0.05) is 13.1 Å². The lowest BCUT2D eigenvalue weighted by Crippen LogP contribution is -2.41. The molecule has 0 N–H and O–H groups in total. The van der Waals surface area contributed by atoms with Gasteiger partial charge in [0.1, 0.15) is 0 Å². The summed E-state index contributed by atoms with van der Waals surface area (Å²) in [7, 11) is 0. The Hall–Kier alpha value is -1.26. The van der Waals surface area contributed by atoms with Crippen LogP contribution < -0.4 is 0 Å². The van der Waals surface area contributed by atoms with E-state index >= 15 is 0 Å². The molecule has 0 aliphatic heterocycles. The SMILES string of the molecule is CCCCCCCCN(CCCCCCCC)C(=O)C(C)OC(=O)OCCCCC. The van der Waals surface area contributed by atoms with Gasteiger partial charge in [-0.15, -0.1) is 0 Å². The minimum atomic E-state index is -0.788. The van der Waals surface area contributed by atoms with E-state index in [1.54, 1.807) is 6.92 Å². The van der Waals surface area contributed by atoms with Crippen LogP contribution in [0.2, 0.25) is 0 Å². The van der Waals surface area contributed by atoms with Crippen LogP contribution in [-0.4, -0.2) is 42.8 Å². The molecule has 5 nitrogen and oxygen atoms in total. The van der Waals surface area contributed by atoms with Crippen molar-refractivity contribution in [2.75, 3.05) is 19.7 Å². The van der Waals surface area contributed by atoms with Crippen LogP contribution >= 0.6 is 0 Å². The smallest absolute Gasteiger partial charge is 0.434 e. The first-order chi connectivity index (χ1) is 14.6. The molecule has 0 rings (SSSR count). The van der Waals surface area contributed by atoms with E-state index < -0.39 is 12.3 Å². The van der Waals surface area contributed by atoms with E-state index in [4.69, 9.17) is 9.47 Å². The van der Waals surface area contributed by atoms with Crippen LogP contribution in [0, 0.1) is 0 Å². The van der Waals surface area contributed by atoms with Gasteiger partial charge in [0.15, 0.2) is 6.10 Å². The summed E-state index contributed by atoms with van der Waals surface area (Å²) in [4.78, 5) is 26.6. The summed E-state index contributed by atoms with van der Waals surface area (Å²) < 4.78 is 10.3. The topological polar surface area (TPSA) is 55.8 Å². The number of hydrogen-bond donors (Lipinski definition) is 0. The van der Waals surface area contributed by atoms with Gasteiger partial charge in [0.05, 0.1) is 6.61 Å². The second-order valence-corrected chi connectivity index (χ2v) is 8.43. The summed E-state index contributed by atoms with van der Waals surface area (Å²) in [5, 5.41) is 0. The third-order valence-corrected chi connectivity index (χ3v) is 5.46. The summed E-state index contributed by atoms with van der Waals surface area (Å²) in [6.45, 7) is 10.0. The Balaban J connectivity index is 4.41. The number of carbonyl (C=O) groups is 2. The van der Waals surface area contributed by atoms with Crippen LogP contribution in [0.4, 0.5) is 4.79 Å². The molecule has 5 heteroatoms. The minimum absolute atomic E-state index is 0.0948. The number of unbranched alkanes of at least 4 members (excludes halogenated alkanes) is 12. The first-order valence-corrected chi connectivity index (χ1v) is 12.7. The van der Waals surface area contributed by atoms with Crippen LogP contribution in [-0.2, 0) is 14.3 Å². The van der Waals surface area contributed by atoms with Crippen molar-refractivity contribution in [3.63, 3.8) is 0 Å². The molecular weight excluding hydrogens is 378 g/mol. The van der Waals surface area contributed by atoms with Crippen molar-refractivity contribution in [3.05, 3.63) is 0 Å². The van der Waals surface area contributed by atoms with E-state index in [2.05, 4.69) is 20.8 Å². The highest BCUT2D eigenvalue weighted by Gasteiger charge is 2.24. The van der Waals surface area contributed by atoms with Crippen molar-refractivity contribution in [3.8, 4) is 0 Å². The highest BCUT2D eigenvalue weighted by molar-refractivity contribution is 5.82. The quantitative estimate of drug-likeness (QED) is 0.151. The molecule has 1 amide bonds. The standard InChI is InChI=1S/C25H49NO4/c1-5-8-11-13-15-17-20-26(21-18-16-14-12-9-6-2)24(27)23(4)30-25(28)29-22-19-10-7-3/h23H,5-22H2,1-4H3. The van der Waals surface area contributed by atoms with Crippen LogP contribution in [0.25, 0.3) is 0 Å². The molecule has 0 aromatic heterocycles. The minimum Gasteiger partial charge on any atom is -0.434 e. The van der Waals surface area contributed by atoms with E-state index in [1.165, 1.54) is 51.4 Å². The van der Waals surface area contributed by atoms with E-state index in [0.29, 0.717) is 6.61 Å². The van der Waals surface area contributed by atoms with Crippen molar-refractivity contribution in [2.24, 2.45) is 0 Å². The molecule has 1 atom stereocenters. The highest BCUT2D eigenvalue weighted by Crippen LogP contribution is 2.11. The van der Waals surface area contributed by atoms with E-state index in [0.717, 1.165) is 58.0 Å². The fourth-order valence-electron chi connectivity index (χ4n) is 3.49. The average molecular weight is 428 g/mol. The van der Waals surface area contributed by atoms with Crippen LogP contribution in [0.1, 0.15) is 124 Å². The Morgan fingerprint density at radius 3 is 1.60 bits per heavy atom. The molecule has 178 valence electrons. The monoisotopic (exact) mass is 427 g/mol. The zero-order valence-electron chi connectivity index (χ0n) is 20.4. The van der Waals surface area contributed by atoms with Crippen molar-refractivity contribution < 1.29 is 19.1 Å². The Morgan fingerprint density at radius 1 is 0.667 bits per heavy atom. The average Bonchev–Trinajstić information content (AvgIpc) is 2.74. The molecule has 0 spiro atoms. The molecule has 0 aromatic carbocycles. The van der Waals surface area contributed by atoms with Crippen LogP contribution in [0.15, 0.2) is 0 Å². The Kier molecular flexibility index (Phi) is 20.1. The lowest BCUT2D eigenvalue weighted by Gasteiger charge is -2.25. The molecule has 0 saturated heterocycles. The molecule has 0 radical (unpaired) electrons. The van der Waals surface area contributed by atoms with E-state index in [9.17, 15) is 9.59 Å². The summed E-state index contributed by atoms with van der Waals surface area (Å²) in [6, 6.07) is 0. The van der Waals surface area contributed by atoms with Crippen LogP contribution in [0.5, 0.6) is 0 Å². The number of nitrogens with zero attached hydrogens (tertiary/aromatic N) is 1. The lowest BCUT2D eigenvalue weighted by atomic mass is 10.1. The zero-order valence-corrected chi connectivity index (χ0v) is 20.4. The molecule has 0 fully saturated rings. The summed E-state index contributed by atoms with van der Waals surface area (Å²) in [6.07, 6.45) is 15.8. The number of carbonyl (C=O) groups excluding carboxylic acids is 2. The summed E-state index contributed by atoms with van der Waals surface area (Å²) >= 11 is 0. The maximum Gasteiger partial charge on any atom is 0.509 e. The number of rotatable bonds is 20. The maximum atomic E-state index is 12.9. The largest absolute Gasteiger partial charge is 0.509 e. The van der Waals surface area contributed by atoms with Crippen molar-refractivity contribution in [2.45, 2.75) is 130 Å². The van der Waals surface area contributed by atoms with Crippen molar-refractivity contribution >= 4 is 12.1 Å². The second kappa shape index (κ2) is 21.0. The number of hydrogen-bond acceptors (Lipinski definition) is 4. The zero-order chi connectivity index (χ0) is 22.5. The first kappa shape index (κ1) is 28.7. The molecule has 0 heterocycles. The maximum absolute atomic E-state index is 12.9. The Morgan fingerprint density at radius 2 is 1.10 bits per heavy atom. The van der Waals surface area contributed by atoms with Gasteiger partial charge >= 0.3 is 6.16 Å². The fourth-order valence-corrected chi connectivity index (χ4v) is 3.49. The lowest BCUT2D eigenvalue weighted by molar-refractivity contribution is -0.141. The van der Waals surface area contributed by atoms with E-state index in [1.807, 2.05) is 4.90 Å². The van der Waals surface area contributed by atoms with Crippen molar-refractivity contribution in [1.29, 1.82) is 0 Å². The predicted octanol–water partition coefficient (Wildman–Crippen LogP) is 7.27. The normalized spacial score (nSPS) is 11.9. The van der Waals surface area contributed by atoms with Gasteiger partial charge in [0.2, 0.25) is 0 Å². The van der Waals surface area contributed by atoms with Gasteiger partial charge in [-0.05, 0) is 26.2 Å². The fraction of sp³-hybridized carbons (Fsp3) is 0.920. The molecule has 0 aliphatic rings. The molecule has 1 unspecified atom stereocenters. The number of amides is 1. The summed E-state index contributed by atoms with van der Waals surface area (Å²) in [5.41, 5.74) is 0. The second-order valence-electron chi connectivity index (χ2n) is 8.43. The molecule has 0 saturated carbocycles. The first-order valence-electron chi connectivity index (χ1n) is 12.7. The molecule has 0 bridgehead atoms. The van der Waals surface area contributed by atoms with Gasteiger partial charge in [-0.3, -0.25) is 4.79 Å². The highest BCUT2D eigenvalue weighted by atomic mass is 16.7. The molecule has 30 heavy (non-hydrogen) atoms. The van der Waals surface area contributed by atoms with Gasteiger partial charge in [-0.1, -0.05) is 97.8 Å². The third kappa shape index (κ3) is 16.5. The van der Waals surface area contributed by atoms with Gasteiger partial charge < -0.3 is 14.4 Å². The Bertz CT molecular complexity index is 398. The predicted molar refractivity (Wildman–Crippen MR) is 125 cm³/mol. The third-order valence-electron chi connectivity index (χ3n) is 5.46. The van der Waals surface area contributed by atoms with Crippen molar-refractivity contribution in [1.82, 2.24) is 4.90 Å². The van der Waals surface area contributed by atoms with Gasteiger partial charge in [-0.2, -0.15) is 0 Å². The molecule has 0 aromatic rings. The van der Waals surface area contributed by atoms with Crippen LogP contribution in [0.3, 0.4) is 0 Å². The van der Waals surface area contributed by atoms with E-state index in [-0.39, 0.29) is 5.91 Å². The van der Waals surface area contributed by atoms with Gasteiger partial charge in [-0.25, -0.2) is 4.79 Å². The molecular formula is C25H49NO4.